The molecule has 0 aromatic heterocycles. The Labute approximate surface area is 354 Å². The third-order valence-corrected chi connectivity index (χ3v) is 13.7. The van der Waals surface area contributed by atoms with Crippen LogP contribution in [0.4, 0.5) is 9.59 Å². The minimum Gasteiger partial charge on any atom is -0.381 e. The van der Waals surface area contributed by atoms with Crippen molar-refractivity contribution in [2.45, 2.75) is 105 Å². The normalized spacial score (nSPS) is 22.6. The Hall–Kier alpha value is -4.07. The minimum atomic E-state index is -0.435. The van der Waals surface area contributed by atoms with Gasteiger partial charge in [-0.2, -0.15) is 23.5 Å². The number of ether oxygens (including phenoxy) is 2. The summed E-state index contributed by atoms with van der Waals surface area (Å²) >= 11 is 3.76. The minimum absolute atomic E-state index is 0.00645. The second-order valence-electron chi connectivity index (χ2n) is 15.2. The number of aldehydes is 1. The third kappa shape index (κ3) is 15.5. The van der Waals surface area contributed by atoms with E-state index in [0.29, 0.717) is 88.3 Å². The van der Waals surface area contributed by atoms with Crippen molar-refractivity contribution in [2.75, 3.05) is 64.1 Å². The lowest BCUT2D eigenvalue weighted by Gasteiger charge is -2.16. The highest BCUT2D eigenvalue weighted by molar-refractivity contribution is 8.00. The first-order chi connectivity index (χ1) is 28.7. The summed E-state index contributed by atoms with van der Waals surface area (Å²) in [6, 6.07) is 4.94. The molecular weight excluding hydrogens is 801 g/mol. The zero-order valence-electron chi connectivity index (χ0n) is 33.6. The van der Waals surface area contributed by atoms with Crippen LogP contribution in [0, 0.1) is 0 Å². The topological polar surface area (TPSA) is 234 Å². The highest BCUT2D eigenvalue weighted by Crippen LogP contribution is 2.34. The third-order valence-electron chi connectivity index (χ3n) is 10.6. The Morgan fingerprint density at radius 3 is 1.54 bits per heavy atom. The molecule has 0 aliphatic carbocycles. The molecule has 17 nitrogen and oxygen atoms in total. The molecule has 0 radical (unpaired) electrons. The van der Waals surface area contributed by atoms with Crippen molar-refractivity contribution in [3.8, 4) is 0 Å². The molecule has 5 rings (SSSR count). The predicted octanol–water partition coefficient (Wildman–Crippen LogP) is 1.85. The molecule has 4 heterocycles. The van der Waals surface area contributed by atoms with Crippen molar-refractivity contribution < 1.29 is 43.0 Å². The van der Waals surface area contributed by atoms with Gasteiger partial charge in [0.15, 0.2) is 0 Å². The maximum atomic E-state index is 12.8. The first-order valence-corrected chi connectivity index (χ1v) is 23.0. The van der Waals surface area contributed by atoms with E-state index in [4.69, 9.17) is 9.47 Å². The number of carbonyl (C=O) groups excluding carboxylic acids is 7. The van der Waals surface area contributed by atoms with Gasteiger partial charge in [0, 0.05) is 97.5 Å². The van der Waals surface area contributed by atoms with E-state index < -0.39 is 11.8 Å². The molecule has 0 saturated carbocycles. The molecule has 326 valence electrons. The van der Waals surface area contributed by atoms with Gasteiger partial charge in [-0.05, 0) is 63.1 Å². The molecule has 59 heavy (non-hydrogen) atoms. The number of carbonyl (C=O) groups is 7. The number of rotatable bonds is 28. The Morgan fingerprint density at radius 2 is 1.05 bits per heavy atom. The van der Waals surface area contributed by atoms with E-state index >= 15 is 0 Å². The lowest BCUT2D eigenvalue weighted by Crippen LogP contribution is -2.36. The van der Waals surface area contributed by atoms with E-state index in [9.17, 15) is 33.6 Å². The summed E-state index contributed by atoms with van der Waals surface area (Å²) in [5.41, 5.74) is 0.590. The van der Waals surface area contributed by atoms with Crippen molar-refractivity contribution in [2.24, 2.45) is 0 Å². The van der Waals surface area contributed by atoms with Crippen LogP contribution >= 0.6 is 23.5 Å². The summed E-state index contributed by atoms with van der Waals surface area (Å²) in [7, 11) is 0. The number of unbranched alkanes of at least 4 members (excludes halogenated alkanes) is 2. The van der Waals surface area contributed by atoms with Crippen LogP contribution in [-0.2, 0) is 19.1 Å². The van der Waals surface area contributed by atoms with Crippen molar-refractivity contribution in [3.63, 3.8) is 0 Å². The number of fused-ring (bicyclic) bond motifs is 2. The number of amides is 8. The van der Waals surface area contributed by atoms with Crippen molar-refractivity contribution >= 4 is 65.5 Å². The number of urea groups is 2. The van der Waals surface area contributed by atoms with E-state index in [1.807, 2.05) is 23.5 Å². The summed E-state index contributed by atoms with van der Waals surface area (Å²) in [4.78, 5) is 84.6. The van der Waals surface area contributed by atoms with Crippen LogP contribution in [0.3, 0.4) is 0 Å². The van der Waals surface area contributed by atoms with E-state index in [1.165, 1.54) is 18.2 Å². The quantitative estimate of drug-likeness (QED) is 0.0344. The SMILES string of the molecule is O=Cc1cc(C(=O)NCCCOCCCNC(=O)CCCCC2SCC3NC(=O)NC32)cc(C(=O)NCCOCCCNC(=O)CCCCC2SCC3NC(=O)NC32)c1. The molecule has 4 saturated heterocycles. The standard InChI is InChI=1S/C40H60N8O9S2/c49-23-26-20-27(37(52)43-14-7-17-56-16-5-12-41-33(50)10-3-1-8-31-35-29(24-58-31)45-39(54)47-35)22-28(21-26)38(53)44-15-19-57-18-6-13-42-34(51)11-4-2-9-32-36-30(25-59-32)46-40(55)48-36/h20-23,29-32,35-36H,1-19,24-25H2,(H,41,50)(H,42,51)(H,43,52)(H,44,53)(H2,45,47,54)(H2,46,48,55). The molecule has 1 aromatic carbocycles. The Morgan fingerprint density at radius 1 is 0.593 bits per heavy atom. The maximum absolute atomic E-state index is 12.8. The van der Waals surface area contributed by atoms with Crippen LogP contribution in [-0.4, -0.2) is 141 Å². The molecule has 4 aliphatic heterocycles. The molecule has 6 unspecified atom stereocenters. The molecule has 0 bridgehead atoms. The predicted molar refractivity (Wildman–Crippen MR) is 226 cm³/mol. The average Bonchev–Trinajstić information content (AvgIpc) is 3.99. The van der Waals surface area contributed by atoms with Crippen LogP contribution in [0.1, 0.15) is 102 Å². The van der Waals surface area contributed by atoms with Gasteiger partial charge in [0.25, 0.3) is 11.8 Å². The van der Waals surface area contributed by atoms with E-state index in [1.54, 1.807) is 0 Å². The van der Waals surface area contributed by atoms with Gasteiger partial charge in [-0.25, -0.2) is 9.59 Å². The zero-order chi connectivity index (χ0) is 41.8. The summed E-state index contributed by atoms with van der Waals surface area (Å²) in [5, 5.41) is 24.0. The van der Waals surface area contributed by atoms with Gasteiger partial charge in [0.1, 0.15) is 6.29 Å². The largest absolute Gasteiger partial charge is 0.381 e. The number of hydrogen-bond donors (Lipinski definition) is 8. The van der Waals surface area contributed by atoms with E-state index in [0.717, 1.165) is 50.0 Å². The molecular formula is C40H60N8O9S2. The van der Waals surface area contributed by atoms with Gasteiger partial charge >= 0.3 is 12.1 Å². The number of hydrogen-bond acceptors (Lipinski definition) is 11. The van der Waals surface area contributed by atoms with Gasteiger partial charge < -0.3 is 52.0 Å². The highest BCUT2D eigenvalue weighted by Gasteiger charge is 2.43. The fourth-order valence-electron chi connectivity index (χ4n) is 7.53. The van der Waals surface area contributed by atoms with Gasteiger partial charge in [0.2, 0.25) is 11.8 Å². The van der Waals surface area contributed by atoms with Gasteiger partial charge in [-0.1, -0.05) is 12.8 Å². The Kier molecular flexibility index (Phi) is 19.4. The molecule has 19 heteroatoms. The molecule has 8 N–H and O–H groups in total. The van der Waals surface area contributed by atoms with Crippen LogP contribution in [0.2, 0.25) is 0 Å². The van der Waals surface area contributed by atoms with Crippen LogP contribution in [0.15, 0.2) is 18.2 Å². The fraction of sp³-hybridized carbons (Fsp3) is 0.675. The Bertz CT molecular complexity index is 1610. The monoisotopic (exact) mass is 860 g/mol. The second kappa shape index (κ2) is 24.9. The maximum Gasteiger partial charge on any atom is 0.315 e. The molecule has 0 spiro atoms. The molecule has 4 fully saturated rings. The summed E-state index contributed by atoms with van der Waals surface area (Å²) in [6.07, 6.45) is 8.84. The summed E-state index contributed by atoms with van der Waals surface area (Å²) < 4.78 is 11.2. The van der Waals surface area contributed by atoms with Crippen LogP contribution in [0.5, 0.6) is 0 Å². The van der Waals surface area contributed by atoms with Crippen molar-refractivity contribution in [1.29, 1.82) is 0 Å². The first-order valence-electron chi connectivity index (χ1n) is 20.9. The van der Waals surface area contributed by atoms with Crippen LogP contribution in [0.25, 0.3) is 0 Å². The lowest BCUT2D eigenvalue weighted by molar-refractivity contribution is -0.122. The summed E-state index contributed by atoms with van der Waals surface area (Å²) in [6.45, 7) is 3.17. The highest BCUT2D eigenvalue weighted by atomic mass is 32.2. The zero-order valence-corrected chi connectivity index (χ0v) is 35.2. The second-order valence-corrected chi connectivity index (χ2v) is 17.7. The fourth-order valence-corrected chi connectivity index (χ4v) is 10.6. The van der Waals surface area contributed by atoms with Gasteiger partial charge in [-0.3, -0.25) is 24.0 Å². The molecule has 1 aromatic rings. The lowest BCUT2D eigenvalue weighted by atomic mass is 10.0. The van der Waals surface area contributed by atoms with Gasteiger partial charge in [-0.15, -0.1) is 0 Å². The molecule has 4 aliphatic rings. The first kappa shape index (κ1) is 46.0. The smallest absolute Gasteiger partial charge is 0.315 e. The number of benzene rings is 1. The molecule has 6 atom stereocenters. The van der Waals surface area contributed by atoms with E-state index in [2.05, 4.69) is 42.5 Å². The average molecular weight is 861 g/mol. The summed E-state index contributed by atoms with van der Waals surface area (Å²) in [5.74, 6) is 1.05. The van der Waals surface area contributed by atoms with Gasteiger partial charge in [0.05, 0.1) is 30.8 Å². The number of nitrogens with one attached hydrogen (secondary N) is 8. The number of thioether (sulfide) groups is 2. The Balaban J connectivity index is 0.822. The van der Waals surface area contributed by atoms with E-state index in [-0.39, 0.29) is 77.9 Å². The van der Waals surface area contributed by atoms with Crippen molar-refractivity contribution in [3.05, 3.63) is 34.9 Å². The van der Waals surface area contributed by atoms with Crippen LogP contribution < -0.4 is 42.5 Å². The molecule has 8 amide bonds. The van der Waals surface area contributed by atoms with Crippen molar-refractivity contribution in [1.82, 2.24) is 42.5 Å².